The number of carbonyl (C=O) groups excluding carboxylic acids is 2. The molecule has 0 radical (unpaired) electrons. The van der Waals surface area contributed by atoms with E-state index in [9.17, 15) is 14.4 Å². The highest BCUT2D eigenvalue weighted by Crippen LogP contribution is 2.44. The average Bonchev–Trinajstić information content (AvgIpc) is 3.34. The zero-order valence-electron chi connectivity index (χ0n) is 17.3. The van der Waals surface area contributed by atoms with Crippen molar-refractivity contribution in [1.82, 2.24) is 5.32 Å². The topological polar surface area (TPSA) is 118 Å². The van der Waals surface area contributed by atoms with Gasteiger partial charge in [-0.15, -0.1) is 0 Å². The van der Waals surface area contributed by atoms with Crippen LogP contribution in [-0.2, 0) is 9.53 Å². The molecule has 0 fully saturated rings. The number of carboxylic acid groups (broad SMARTS) is 1. The second kappa shape index (κ2) is 8.97. The molecule has 0 bridgehead atoms. The number of nitrogens with one attached hydrogen (secondary N) is 2. The van der Waals surface area contributed by atoms with E-state index in [1.54, 1.807) is 6.92 Å². The molecule has 4 rings (SSSR count). The van der Waals surface area contributed by atoms with Gasteiger partial charge in [-0.25, -0.2) is 4.79 Å². The molecule has 0 spiro atoms. The second-order valence-corrected chi connectivity index (χ2v) is 7.59. The molecule has 32 heavy (non-hydrogen) atoms. The fourth-order valence-corrected chi connectivity index (χ4v) is 3.93. The molecule has 1 aromatic heterocycles. The molecule has 1 atom stereocenters. The van der Waals surface area contributed by atoms with Crippen LogP contribution >= 0.6 is 0 Å². The van der Waals surface area contributed by atoms with Gasteiger partial charge in [-0.05, 0) is 29.2 Å². The summed E-state index contributed by atoms with van der Waals surface area (Å²) in [5.41, 5.74) is 4.58. The maximum atomic E-state index is 12.4. The van der Waals surface area contributed by atoms with Crippen LogP contribution < -0.4 is 10.6 Å². The van der Waals surface area contributed by atoms with E-state index in [4.69, 9.17) is 14.3 Å². The molecule has 0 saturated carbocycles. The molecule has 1 aliphatic rings. The summed E-state index contributed by atoms with van der Waals surface area (Å²) < 4.78 is 10.7. The average molecular weight is 434 g/mol. The Kier molecular flexibility index (Phi) is 5.93. The van der Waals surface area contributed by atoms with E-state index in [1.807, 2.05) is 36.4 Å². The van der Waals surface area contributed by atoms with Gasteiger partial charge in [-0.2, -0.15) is 0 Å². The molecule has 1 aliphatic carbocycles. The fourth-order valence-electron chi connectivity index (χ4n) is 3.93. The summed E-state index contributed by atoms with van der Waals surface area (Å²) >= 11 is 0. The number of hydrogen-bond acceptors (Lipinski definition) is 5. The lowest BCUT2D eigenvalue weighted by atomic mass is 9.98. The summed E-state index contributed by atoms with van der Waals surface area (Å²) in [6.07, 6.45) is 0.304. The van der Waals surface area contributed by atoms with Crippen molar-refractivity contribution in [2.75, 3.05) is 11.9 Å². The standard InChI is InChI=1S/C24H22N2O6/c1-14(12-21(27)28)25-23(29)22-20(10-11-31-22)26-24(30)32-13-19-17-8-4-2-6-15(17)16-7-3-5-9-18(16)19/h2-11,14,19H,12-13H2,1H3,(H,25,29)(H,26,30)(H,27,28). The molecule has 164 valence electrons. The molecule has 1 heterocycles. The van der Waals surface area contributed by atoms with Crippen LogP contribution in [-0.4, -0.2) is 35.7 Å². The number of carboxylic acids is 1. The third kappa shape index (κ3) is 4.34. The first-order chi connectivity index (χ1) is 15.4. The number of carbonyl (C=O) groups is 3. The summed E-state index contributed by atoms with van der Waals surface area (Å²) in [6, 6.07) is 16.9. The van der Waals surface area contributed by atoms with Crippen molar-refractivity contribution < 1.29 is 28.6 Å². The van der Waals surface area contributed by atoms with Crippen molar-refractivity contribution in [2.24, 2.45) is 0 Å². The monoisotopic (exact) mass is 434 g/mol. The van der Waals surface area contributed by atoms with Crippen molar-refractivity contribution in [3.63, 3.8) is 0 Å². The quantitative estimate of drug-likeness (QED) is 0.512. The van der Waals surface area contributed by atoms with E-state index in [0.29, 0.717) is 0 Å². The lowest BCUT2D eigenvalue weighted by molar-refractivity contribution is -0.137. The number of rotatable bonds is 7. The molecule has 2 aromatic carbocycles. The largest absolute Gasteiger partial charge is 0.481 e. The van der Waals surface area contributed by atoms with Crippen LogP contribution in [0.4, 0.5) is 10.5 Å². The number of anilines is 1. The Morgan fingerprint density at radius 2 is 1.66 bits per heavy atom. The molecule has 8 heteroatoms. The minimum Gasteiger partial charge on any atom is -0.481 e. The number of benzene rings is 2. The smallest absolute Gasteiger partial charge is 0.411 e. The summed E-state index contributed by atoms with van der Waals surface area (Å²) in [6.45, 7) is 1.70. The van der Waals surface area contributed by atoms with Crippen molar-refractivity contribution >= 4 is 23.7 Å². The molecule has 2 amide bonds. The molecule has 3 aromatic rings. The predicted octanol–water partition coefficient (Wildman–Crippen LogP) is 4.23. The van der Waals surface area contributed by atoms with Gasteiger partial charge in [0.15, 0.2) is 0 Å². The van der Waals surface area contributed by atoms with E-state index in [2.05, 4.69) is 22.8 Å². The summed E-state index contributed by atoms with van der Waals surface area (Å²) in [5, 5.41) is 13.9. The highest BCUT2D eigenvalue weighted by molar-refractivity contribution is 6.00. The van der Waals surface area contributed by atoms with Crippen molar-refractivity contribution in [2.45, 2.75) is 25.3 Å². The van der Waals surface area contributed by atoms with Crippen LogP contribution in [0, 0.1) is 0 Å². The Bertz CT molecular complexity index is 1120. The maximum Gasteiger partial charge on any atom is 0.411 e. The normalized spacial score (nSPS) is 13.0. The van der Waals surface area contributed by atoms with Gasteiger partial charge >= 0.3 is 12.1 Å². The van der Waals surface area contributed by atoms with E-state index >= 15 is 0 Å². The SMILES string of the molecule is CC(CC(=O)O)NC(=O)c1occc1NC(=O)OCC1c2ccccc2-c2ccccc21. The van der Waals surface area contributed by atoms with Crippen LogP contribution in [0.2, 0.25) is 0 Å². The molecule has 1 unspecified atom stereocenters. The van der Waals surface area contributed by atoms with Gasteiger partial charge in [0.2, 0.25) is 5.76 Å². The minimum atomic E-state index is -1.03. The molecular formula is C24H22N2O6. The first-order valence-corrected chi connectivity index (χ1v) is 10.2. The number of furan rings is 1. The maximum absolute atomic E-state index is 12.4. The zero-order valence-corrected chi connectivity index (χ0v) is 17.3. The number of ether oxygens (including phenoxy) is 1. The lowest BCUT2D eigenvalue weighted by Gasteiger charge is -2.15. The summed E-state index contributed by atoms with van der Waals surface area (Å²) in [5.74, 6) is -1.88. The van der Waals surface area contributed by atoms with Crippen LogP contribution in [0.25, 0.3) is 11.1 Å². The molecule has 8 nitrogen and oxygen atoms in total. The fraction of sp³-hybridized carbons (Fsp3) is 0.208. The third-order valence-electron chi connectivity index (χ3n) is 5.31. The number of hydrogen-bond donors (Lipinski definition) is 3. The predicted molar refractivity (Wildman–Crippen MR) is 117 cm³/mol. The lowest BCUT2D eigenvalue weighted by Crippen LogP contribution is -2.34. The molecular weight excluding hydrogens is 412 g/mol. The number of fused-ring (bicyclic) bond motifs is 3. The Morgan fingerprint density at radius 3 is 2.28 bits per heavy atom. The molecule has 3 N–H and O–H groups in total. The van der Waals surface area contributed by atoms with Gasteiger partial charge < -0.3 is 19.6 Å². The van der Waals surface area contributed by atoms with Crippen molar-refractivity contribution in [3.05, 3.63) is 77.7 Å². The van der Waals surface area contributed by atoms with E-state index in [-0.39, 0.29) is 30.4 Å². The van der Waals surface area contributed by atoms with E-state index in [1.165, 1.54) is 12.3 Å². The highest BCUT2D eigenvalue weighted by atomic mass is 16.5. The van der Waals surface area contributed by atoms with Gasteiger partial charge in [0.1, 0.15) is 6.61 Å². The third-order valence-corrected chi connectivity index (χ3v) is 5.31. The van der Waals surface area contributed by atoms with Crippen molar-refractivity contribution in [3.8, 4) is 11.1 Å². The molecule has 0 aliphatic heterocycles. The van der Waals surface area contributed by atoms with E-state index < -0.39 is 24.0 Å². The van der Waals surface area contributed by atoms with Crippen LogP contribution in [0.15, 0.2) is 65.3 Å². The van der Waals surface area contributed by atoms with Crippen LogP contribution in [0.5, 0.6) is 0 Å². The Balaban J connectivity index is 1.40. The second-order valence-electron chi connectivity index (χ2n) is 7.59. The zero-order chi connectivity index (χ0) is 22.7. The van der Waals surface area contributed by atoms with Gasteiger partial charge in [-0.3, -0.25) is 14.9 Å². The number of aliphatic carboxylic acids is 1. The van der Waals surface area contributed by atoms with Gasteiger partial charge in [0, 0.05) is 18.0 Å². The van der Waals surface area contributed by atoms with Gasteiger partial charge in [0.05, 0.1) is 18.4 Å². The van der Waals surface area contributed by atoms with Gasteiger partial charge in [-0.1, -0.05) is 48.5 Å². The van der Waals surface area contributed by atoms with E-state index in [0.717, 1.165) is 22.3 Å². The van der Waals surface area contributed by atoms with Crippen molar-refractivity contribution in [1.29, 1.82) is 0 Å². The van der Waals surface area contributed by atoms with Crippen LogP contribution in [0.1, 0.15) is 40.9 Å². The summed E-state index contributed by atoms with van der Waals surface area (Å²) in [4.78, 5) is 35.6. The van der Waals surface area contributed by atoms with Gasteiger partial charge in [0.25, 0.3) is 5.91 Å². The number of amides is 2. The first kappa shape index (κ1) is 21.2. The highest BCUT2D eigenvalue weighted by Gasteiger charge is 2.29. The first-order valence-electron chi connectivity index (χ1n) is 10.2. The molecule has 0 saturated heterocycles. The minimum absolute atomic E-state index is 0.0860. The van der Waals surface area contributed by atoms with Crippen LogP contribution in [0.3, 0.4) is 0 Å². The Morgan fingerprint density at radius 1 is 1.03 bits per heavy atom. The Labute approximate surface area is 184 Å². The Hall–Kier alpha value is -4.07. The summed E-state index contributed by atoms with van der Waals surface area (Å²) in [7, 11) is 0.